The number of para-hydroxylation sites is 1. The first-order chi connectivity index (χ1) is 15.0. The highest BCUT2D eigenvalue weighted by Crippen LogP contribution is 2.31. The topological polar surface area (TPSA) is 73.8 Å². The highest BCUT2D eigenvalue weighted by molar-refractivity contribution is 8.26. The van der Waals surface area contributed by atoms with Gasteiger partial charge in [0, 0.05) is 34.2 Å². The monoisotopic (exact) mass is 447 g/mol. The molecule has 0 unspecified atom stereocenters. The van der Waals surface area contributed by atoms with Crippen LogP contribution in [0.1, 0.15) is 24.5 Å². The molecule has 3 heterocycles. The molecule has 0 spiro atoms. The highest BCUT2D eigenvalue weighted by atomic mass is 35.5. The number of carbonyl (C=O) groups excluding carboxylic acids is 1. The number of fused-ring (bicyclic) bond motifs is 2. The number of nitrogens with one attached hydrogen (secondary N) is 1. The van der Waals surface area contributed by atoms with E-state index >= 15 is 0 Å². The molecule has 1 amide bonds. The number of benzene rings is 2. The van der Waals surface area contributed by atoms with E-state index in [1.807, 2.05) is 61.7 Å². The van der Waals surface area contributed by atoms with Crippen molar-refractivity contribution in [1.82, 2.24) is 9.58 Å². The fourth-order valence-electron chi connectivity index (χ4n) is 3.66. The van der Waals surface area contributed by atoms with Crippen molar-refractivity contribution >= 4 is 62.3 Å². The van der Waals surface area contributed by atoms with Crippen LogP contribution >= 0.6 is 23.4 Å². The maximum absolute atomic E-state index is 12.7. The van der Waals surface area contributed by atoms with Gasteiger partial charge in [-0.1, -0.05) is 54.9 Å². The average Bonchev–Trinajstić information content (AvgIpc) is 3.34. The van der Waals surface area contributed by atoms with Gasteiger partial charge in [-0.25, -0.2) is 0 Å². The van der Waals surface area contributed by atoms with Gasteiger partial charge in [0.25, 0.3) is 5.91 Å². The van der Waals surface area contributed by atoms with Crippen LogP contribution in [0.4, 0.5) is 0 Å². The minimum absolute atomic E-state index is 0.0499. The minimum Gasteiger partial charge on any atom is -0.342 e. The van der Waals surface area contributed by atoms with Gasteiger partial charge >= 0.3 is 0 Å². The number of hydrogen-bond donors (Lipinski definition) is 1. The first kappa shape index (κ1) is 19.8. The highest BCUT2D eigenvalue weighted by Gasteiger charge is 2.35. The lowest BCUT2D eigenvalue weighted by Crippen LogP contribution is -2.35. The molecule has 0 aliphatic carbocycles. The molecule has 0 saturated heterocycles. The zero-order valence-corrected chi connectivity index (χ0v) is 18.2. The van der Waals surface area contributed by atoms with Gasteiger partial charge in [0.15, 0.2) is 5.84 Å². The Labute approximate surface area is 188 Å². The van der Waals surface area contributed by atoms with E-state index in [1.54, 1.807) is 6.08 Å². The van der Waals surface area contributed by atoms with Crippen LogP contribution in [-0.2, 0) is 11.3 Å². The fraction of sp³-hybridized carbons (Fsp3) is 0.130. The molecule has 0 atom stereocenters. The van der Waals surface area contributed by atoms with Crippen LogP contribution in [0.5, 0.6) is 0 Å². The van der Waals surface area contributed by atoms with Crippen molar-refractivity contribution in [3.63, 3.8) is 0 Å². The molecule has 2 aliphatic heterocycles. The number of hydrazone groups is 1. The molecule has 0 bridgehead atoms. The van der Waals surface area contributed by atoms with Gasteiger partial charge < -0.3 is 4.57 Å². The Kier molecular flexibility index (Phi) is 5.00. The standard InChI is InChI=1S/C23H18ClN5OS/c1-2-20-27-29-21(25)17(22(30)26-23(29)31-20)11-15-13-28(19-10-6-4-8-16(15)19)12-14-7-3-5-9-18(14)24/h3-11,13,25H,2,12H2,1H3. The summed E-state index contributed by atoms with van der Waals surface area (Å²) in [6.07, 6.45) is 4.46. The zero-order valence-electron chi connectivity index (χ0n) is 16.7. The molecule has 2 aliphatic rings. The third-order valence-electron chi connectivity index (χ3n) is 5.22. The van der Waals surface area contributed by atoms with Crippen LogP contribution in [0.15, 0.2) is 70.4 Å². The van der Waals surface area contributed by atoms with Crippen molar-refractivity contribution in [2.45, 2.75) is 19.9 Å². The number of amides is 1. The first-order valence-electron chi connectivity index (χ1n) is 9.85. The van der Waals surface area contributed by atoms with Gasteiger partial charge in [-0.05, 0) is 42.0 Å². The van der Waals surface area contributed by atoms with E-state index in [-0.39, 0.29) is 11.4 Å². The van der Waals surface area contributed by atoms with Crippen molar-refractivity contribution in [2.24, 2.45) is 10.1 Å². The number of nitrogens with zero attached hydrogens (tertiary/aromatic N) is 4. The van der Waals surface area contributed by atoms with Gasteiger partial charge in [-0.2, -0.15) is 15.1 Å². The van der Waals surface area contributed by atoms with E-state index in [2.05, 4.69) is 14.7 Å². The van der Waals surface area contributed by atoms with Crippen LogP contribution < -0.4 is 0 Å². The third kappa shape index (κ3) is 3.49. The number of thioether (sulfide) groups is 1. The summed E-state index contributed by atoms with van der Waals surface area (Å²) in [5.74, 6) is -0.367. The number of aromatic nitrogens is 1. The number of amidine groups is 2. The Balaban J connectivity index is 1.58. The van der Waals surface area contributed by atoms with E-state index in [0.717, 1.165) is 33.5 Å². The lowest BCUT2D eigenvalue weighted by atomic mass is 10.1. The molecule has 0 radical (unpaired) electrons. The predicted molar refractivity (Wildman–Crippen MR) is 128 cm³/mol. The Morgan fingerprint density at radius 2 is 1.94 bits per heavy atom. The summed E-state index contributed by atoms with van der Waals surface area (Å²) in [7, 11) is 0. The SMILES string of the molecule is CCC1=NN2C(=N)C(=Cc3cn(Cc4ccccc4Cl)c4ccccc34)C(=O)N=C2S1. The second-order valence-corrected chi connectivity index (χ2v) is 8.64. The van der Waals surface area contributed by atoms with Crippen molar-refractivity contribution in [2.75, 3.05) is 0 Å². The molecule has 0 saturated carbocycles. The molecular weight excluding hydrogens is 430 g/mol. The summed E-state index contributed by atoms with van der Waals surface area (Å²) in [5.41, 5.74) is 3.11. The molecule has 5 rings (SSSR count). The number of hydrogen-bond acceptors (Lipinski definition) is 4. The molecule has 3 aromatic rings. The van der Waals surface area contributed by atoms with E-state index in [4.69, 9.17) is 17.0 Å². The van der Waals surface area contributed by atoms with E-state index in [1.165, 1.54) is 16.8 Å². The number of carbonyl (C=O) groups is 1. The number of aliphatic imine (C=N–C) groups is 1. The third-order valence-corrected chi connectivity index (χ3v) is 6.64. The van der Waals surface area contributed by atoms with Gasteiger partial charge in [0.2, 0.25) is 5.17 Å². The number of rotatable bonds is 4. The maximum Gasteiger partial charge on any atom is 0.283 e. The molecular formula is C23H18ClN5OS. The molecule has 1 aromatic heterocycles. The van der Waals surface area contributed by atoms with Crippen molar-refractivity contribution < 1.29 is 4.79 Å². The Bertz CT molecular complexity index is 1340. The lowest BCUT2D eigenvalue weighted by Gasteiger charge is -2.20. The molecule has 2 aromatic carbocycles. The predicted octanol–water partition coefficient (Wildman–Crippen LogP) is 5.37. The van der Waals surface area contributed by atoms with Crippen LogP contribution in [0.3, 0.4) is 0 Å². The van der Waals surface area contributed by atoms with Crippen molar-refractivity contribution in [1.29, 1.82) is 5.41 Å². The maximum atomic E-state index is 12.7. The first-order valence-corrected chi connectivity index (χ1v) is 11.0. The summed E-state index contributed by atoms with van der Waals surface area (Å²) in [6, 6.07) is 15.7. The molecule has 6 nitrogen and oxygen atoms in total. The lowest BCUT2D eigenvalue weighted by molar-refractivity contribution is -0.114. The van der Waals surface area contributed by atoms with Crippen molar-refractivity contribution in [3.8, 4) is 0 Å². The number of halogens is 1. The summed E-state index contributed by atoms with van der Waals surface area (Å²) >= 11 is 7.71. The quantitative estimate of drug-likeness (QED) is 0.546. The average molecular weight is 448 g/mol. The summed E-state index contributed by atoms with van der Waals surface area (Å²) in [4.78, 5) is 16.9. The summed E-state index contributed by atoms with van der Waals surface area (Å²) < 4.78 is 2.10. The van der Waals surface area contributed by atoms with E-state index in [0.29, 0.717) is 16.7 Å². The molecule has 0 fully saturated rings. The van der Waals surface area contributed by atoms with Gasteiger partial charge in [-0.3, -0.25) is 10.2 Å². The fourth-order valence-corrected chi connectivity index (χ4v) is 4.68. The van der Waals surface area contributed by atoms with Crippen LogP contribution in [0, 0.1) is 5.41 Å². The molecule has 1 N–H and O–H groups in total. The Morgan fingerprint density at radius 1 is 1.16 bits per heavy atom. The Morgan fingerprint density at radius 3 is 2.74 bits per heavy atom. The minimum atomic E-state index is -0.417. The van der Waals surface area contributed by atoms with E-state index in [9.17, 15) is 4.79 Å². The molecule has 31 heavy (non-hydrogen) atoms. The van der Waals surface area contributed by atoms with Crippen LogP contribution in [0.2, 0.25) is 5.02 Å². The summed E-state index contributed by atoms with van der Waals surface area (Å²) in [6.45, 7) is 2.59. The van der Waals surface area contributed by atoms with Gasteiger partial charge in [-0.15, -0.1) is 0 Å². The van der Waals surface area contributed by atoms with Crippen LogP contribution in [0.25, 0.3) is 17.0 Å². The molecule has 8 heteroatoms. The van der Waals surface area contributed by atoms with Gasteiger partial charge in [0.05, 0.1) is 5.57 Å². The Hall–Kier alpha value is -3.16. The largest absolute Gasteiger partial charge is 0.342 e. The van der Waals surface area contributed by atoms with Crippen LogP contribution in [-0.4, -0.2) is 31.5 Å². The van der Waals surface area contributed by atoms with Crippen molar-refractivity contribution in [3.05, 3.63) is 76.5 Å². The zero-order chi connectivity index (χ0) is 21.5. The van der Waals surface area contributed by atoms with E-state index < -0.39 is 5.91 Å². The second-order valence-electron chi connectivity index (χ2n) is 7.19. The smallest absolute Gasteiger partial charge is 0.283 e. The van der Waals surface area contributed by atoms with Gasteiger partial charge in [0.1, 0.15) is 5.04 Å². The summed E-state index contributed by atoms with van der Waals surface area (Å²) in [5, 5.41) is 17.4. The second kappa shape index (κ2) is 7.83. The molecule has 154 valence electrons. The normalized spacial score (nSPS) is 17.4.